The third-order valence-corrected chi connectivity index (χ3v) is 3.46. The molecule has 0 amide bonds. The van der Waals surface area contributed by atoms with Crippen LogP contribution in [0.5, 0.6) is 11.5 Å². The van der Waals surface area contributed by atoms with Crippen molar-refractivity contribution in [3.05, 3.63) is 23.8 Å². The minimum atomic E-state index is 0.289. The molecule has 2 rings (SSSR count). The van der Waals surface area contributed by atoms with E-state index >= 15 is 0 Å². The van der Waals surface area contributed by atoms with E-state index in [1.807, 2.05) is 12.1 Å². The highest BCUT2D eigenvalue weighted by atomic mass is 16.7. The molecule has 0 heterocycles. The smallest absolute Gasteiger partial charge is 0.189 e. The highest BCUT2D eigenvalue weighted by molar-refractivity contribution is 5.42. The molecule has 0 bridgehead atoms. The molecule has 0 radical (unpaired) electrons. The van der Waals surface area contributed by atoms with Gasteiger partial charge in [0, 0.05) is 6.54 Å². The van der Waals surface area contributed by atoms with Crippen molar-refractivity contribution in [1.82, 2.24) is 5.32 Å². The molecule has 118 valence electrons. The molecule has 0 saturated heterocycles. The van der Waals surface area contributed by atoms with E-state index in [2.05, 4.69) is 25.2 Å². The standard InChI is InChI=1S/C17H27NO3/c1-13(2)9-18-10-15-6-7-16(17(8-15)19-3)21-12-20-11-14-4-5-14/h6-8,13-14,18H,4-5,9-12H2,1-3H3. The average molecular weight is 293 g/mol. The summed E-state index contributed by atoms with van der Waals surface area (Å²) < 4.78 is 16.5. The van der Waals surface area contributed by atoms with Gasteiger partial charge in [0.15, 0.2) is 18.3 Å². The maximum absolute atomic E-state index is 5.64. The molecule has 1 aliphatic carbocycles. The van der Waals surface area contributed by atoms with E-state index in [1.165, 1.54) is 18.4 Å². The van der Waals surface area contributed by atoms with Gasteiger partial charge in [-0.2, -0.15) is 0 Å². The lowest BCUT2D eigenvalue weighted by Gasteiger charge is -2.13. The molecule has 0 spiro atoms. The first-order chi connectivity index (χ1) is 10.2. The van der Waals surface area contributed by atoms with Gasteiger partial charge in [0.25, 0.3) is 0 Å². The van der Waals surface area contributed by atoms with Crippen molar-refractivity contribution in [1.29, 1.82) is 0 Å². The van der Waals surface area contributed by atoms with Crippen molar-refractivity contribution in [3.63, 3.8) is 0 Å². The Hall–Kier alpha value is -1.26. The molecule has 0 aromatic heterocycles. The van der Waals surface area contributed by atoms with Crippen molar-refractivity contribution in [2.24, 2.45) is 11.8 Å². The van der Waals surface area contributed by atoms with Crippen LogP contribution in [-0.4, -0.2) is 27.1 Å². The second-order valence-corrected chi connectivity index (χ2v) is 6.09. The zero-order valence-corrected chi connectivity index (χ0v) is 13.4. The van der Waals surface area contributed by atoms with E-state index in [-0.39, 0.29) is 6.79 Å². The van der Waals surface area contributed by atoms with Crippen LogP contribution < -0.4 is 14.8 Å². The van der Waals surface area contributed by atoms with Gasteiger partial charge < -0.3 is 19.5 Å². The maximum Gasteiger partial charge on any atom is 0.189 e. The van der Waals surface area contributed by atoms with Crippen molar-refractivity contribution in [2.45, 2.75) is 33.2 Å². The quantitative estimate of drug-likeness (QED) is 0.531. The summed E-state index contributed by atoms with van der Waals surface area (Å²) >= 11 is 0. The van der Waals surface area contributed by atoms with Crippen molar-refractivity contribution in [3.8, 4) is 11.5 Å². The Morgan fingerprint density at radius 2 is 2.05 bits per heavy atom. The molecule has 21 heavy (non-hydrogen) atoms. The summed E-state index contributed by atoms with van der Waals surface area (Å²) in [6.45, 7) is 7.35. The van der Waals surface area contributed by atoms with E-state index in [1.54, 1.807) is 7.11 Å². The molecule has 0 aliphatic heterocycles. The zero-order valence-electron chi connectivity index (χ0n) is 13.4. The number of rotatable bonds is 10. The first-order valence-electron chi connectivity index (χ1n) is 7.77. The number of hydrogen-bond donors (Lipinski definition) is 1. The monoisotopic (exact) mass is 293 g/mol. The van der Waals surface area contributed by atoms with Crippen LogP contribution in [0.25, 0.3) is 0 Å². The normalized spacial score (nSPS) is 14.5. The lowest BCUT2D eigenvalue weighted by atomic mass is 10.2. The third kappa shape index (κ3) is 5.94. The lowest BCUT2D eigenvalue weighted by molar-refractivity contribution is 0.00865. The maximum atomic E-state index is 5.64. The minimum Gasteiger partial charge on any atom is -0.493 e. The summed E-state index contributed by atoms with van der Waals surface area (Å²) in [5.41, 5.74) is 1.19. The van der Waals surface area contributed by atoms with Crippen LogP contribution in [0.4, 0.5) is 0 Å². The van der Waals surface area contributed by atoms with Crippen LogP contribution >= 0.6 is 0 Å². The Bertz CT molecular complexity index is 430. The van der Waals surface area contributed by atoms with Gasteiger partial charge in [0.2, 0.25) is 0 Å². The molecule has 0 unspecified atom stereocenters. The first kappa shape index (κ1) is 16.1. The van der Waals surface area contributed by atoms with Gasteiger partial charge in [-0.05, 0) is 48.9 Å². The molecule has 4 heteroatoms. The SMILES string of the molecule is COc1cc(CNCC(C)C)ccc1OCOCC1CC1. The second kappa shape index (κ2) is 8.25. The van der Waals surface area contributed by atoms with E-state index in [9.17, 15) is 0 Å². The van der Waals surface area contributed by atoms with Gasteiger partial charge in [0.05, 0.1) is 13.7 Å². The molecule has 0 atom stereocenters. The predicted molar refractivity (Wildman–Crippen MR) is 83.7 cm³/mol. The van der Waals surface area contributed by atoms with E-state index in [0.717, 1.165) is 37.1 Å². The predicted octanol–water partition coefficient (Wildman–Crippen LogP) is 3.20. The molecule has 4 nitrogen and oxygen atoms in total. The molecule has 1 aliphatic rings. The van der Waals surface area contributed by atoms with Gasteiger partial charge in [-0.15, -0.1) is 0 Å². The zero-order chi connectivity index (χ0) is 15.1. The summed E-state index contributed by atoms with van der Waals surface area (Å²) in [4.78, 5) is 0. The van der Waals surface area contributed by atoms with Crippen LogP contribution in [-0.2, 0) is 11.3 Å². The fourth-order valence-corrected chi connectivity index (χ4v) is 2.05. The molecular weight excluding hydrogens is 266 g/mol. The van der Waals surface area contributed by atoms with Crippen LogP contribution in [0.2, 0.25) is 0 Å². The summed E-state index contributed by atoms with van der Waals surface area (Å²) in [7, 11) is 1.67. The topological polar surface area (TPSA) is 39.7 Å². The number of nitrogens with one attached hydrogen (secondary N) is 1. The summed E-state index contributed by atoms with van der Waals surface area (Å²) in [6, 6.07) is 6.03. The largest absolute Gasteiger partial charge is 0.493 e. The molecule has 1 aromatic carbocycles. The van der Waals surface area contributed by atoms with E-state index < -0.39 is 0 Å². The van der Waals surface area contributed by atoms with Crippen LogP contribution in [0.3, 0.4) is 0 Å². The number of hydrogen-bond acceptors (Lipinski definition) is 4. The molecule has 1 saturated carbocycles. The van der Waals surface area contributed by atoms with E-state index in [4.69, 9.17) is 14.2 Å². The van der Waals surface area contributed by atoms with Crippen LogP contribution in [0.15, 0.2) is 18.2 Å². The Morgan fingerprint density at radius 3 is 2.71 bits per heavy atom. The summed E-state index contributed by atoms with van der Waals surface area (Å²) in [5, 5.41) is 3.42. The molecular formula is C17H27NO3. The summed E-state index contributed by atoms with van der Waals surface area (Å²) in [5.74, 6) is 2.90. The Balaban J connectivity index is 1.79. The lowest BCUT2D eigenvalue weighted by Crippen LogP contribution is -2.18. The Labute approximate surface area is 127 Å². The van der Waals surface area contributed by atoms with Crippen molar-refractivity contribution < 1.29 is 14.2 Å². The van der Waals surface area contributed by atoms with Crippen molar-refractivity contribution in [2.75, 3.05) is 27.1 Å². The minimum absolute atomic E-state index is 0.289. The number of benzene rings is 1. The van der Waals surface area contributed by atoms with Gasteiger partial charge >= 0.3 is 0 Å². The molecule has 1 aromatic rings. The highest BCUT2D eigenvalue weighted by Crippen LogP contribution is 2.30. The highest BCUT2D eigenvalue weighted by Gasteiger charge is 2.21. The molecule has 1 N–H and O–H groups in total. The fraction of sp³-hybridized carbons (Fsp3) is 0.647. The number of methoxy groups -OCH3 is 1. The summed E-state index contributed by atoms with van der Waals surface area (Å²) in [6.07, 6.45) is 2.59. The van der Waals surface area contributed by atoms with E-state index in [0.29, 0.717) is 5.92 Å². The first-order valence-corrected chi connectivity index (χ1v) is 7.77. The van der Waals surface area contributed by atoms with Gasteiger partial charge in [-0.3, -0.25) is 0 Å². The van der Waals surface area contributed by atoms with Crippen LogP contribution in [0, 0.1) is 11.8 Å². The Kier molecular flexibility index (Phi) is 6.33. The number of ether oxygens (including phenoxy) is 3. The van der Waals surface area contributed by atoms with Crippen LogP contribution in [0.1, 0.15) is 32.3 Å². The average Bonchev–Trinajstić information content (AvgIpc) is 3.28. The Morgan fingerprint density at radius 1 is 1.24 bits per heavy atom. The molecule has 1 fully saturated rings. The second-order valence-electron chi connectivity index (χ2n) is 6.09. The fourth-order valence-electron chi connectivity index (χ4n) is 2.05. The van der Waals surface area contributed by atoms with Gasteiger partial charge in [-0.1, -0.05) is 19.9 Å². The van der Waals surface area contributed by atoms with Crippen molar-refractivity contribution >= 4 is 0 Å². The third-order valence-electron chi connectivity index (χ3n) is 3.46. The van der Waals surface area contributed by atoms with Gasteiger partial charge in [0.1, 0.15) is 0 Å². The van der Waals surface area contributed by atoms with Gasteiger partial charge in [-0.25, -0.2) is 0 Å².